The molecule has 1 heterocycles. The fourth-order valence-corrected chi connectivity index (χ4v) is 2.85. The Morgan fingerprint density at radius 2 is 2.14 bits per heavy atom. The molecule has 0 bridgehead atoms. The molecule has 0 aliphatic carbocycles. The predicted molar refractivity (Wildman–Crippen MR) is 84.2 cm³/mol. The number of hydrogen-bond acceptors (Lipinski definition) is 4. The summed E-state index contributed by atoms with van der Waals surface area (Å²) < 4.78 is 16.9. The Morgan fingerprint density at radius 3 is 2.76 bits per heavy atom. The SMILES string of the molecule is CCCNC(c1cc(OC)ccc1OC)C1CCCCO1. The minimum Gasteiger partial charge on any atom is -0.497 e. The van der Waals surface area contributed by atoms with Gasteiger partial charge in [0.2, 0.25) is 0 Å². The van der Waals surface area contributed by atoms with Crippen molar-refractivity contribution in [2.24, 2.45) is 0 Å². The number of benzene rings is 1. The van der Waals surface area contributed by atoms with Crippen molar-refractivity contribution in [3.8, 4) is 11.5 Å². The summed E-state index contributed by atoms with van der Waals surface area (Å²) >= 11 is 0. The van der Waals surface area contributed by atoms with Gasteiger partial charge in [-0.2, -0.15) is 0 Å². The van der Waals surface area contributed by atoms with Crippen LogP contribution in [0.4, 0.5) is 0 Å². The first-order valence-electron chi connectivity index (χ1n) is 7.87. The van der Waals surface area contributed by atoms with Crippen LogP contribution in [-0.2, 0) is 4.74 Å². The molecule has 1 saturated heterocycles. The van der Waals surface area contributed by atoms with Crippen LogP contribution in [0.15, 0.2) is 18.2 Å². The molecule has 1 aromatic carbocycles. The Kier molecular flexibility index (Phi) is 6.33. The van der Waals surface area contributed by atoms with Gasteiger partial charge in [0.05, 0.1) is 26.4 Å². The van der Waals surface area contributed by atoms with Gasteiger partial charge in [0, 0.05) is 12.2 Å². The highest BCUT2D eigenvalue weighted by Crippen LogP contribution is 2.34. The summed E-state index contributed by atoms with van der Waals surface area (Å²) in [6.45, 7) is 3.99. The Labute approximate surface area is 127 Å². The molecule has 1 N–H and O–H groups in total. The van der Waals surface area contributed by atoms with Crippen LogP contribution < -0.4 is 14.8 Å². The maximum atomic E-state index is 6.01. The van der Waals surface area contributed by atoms with E-state index >= 15 is 0 Å². The highest BCUT2D eigenvalue weighted by molar-refractivity contribution is 5.42. The minimum absolute atomic E-state index is 0.148. The predicted octanol–water partition coefficient (Wildman–Crippen LogP) is 3.31. The molecule has 0 saturated carbocycles. The van der Waals surface area contributed by atoms with Gasteiger partial charge in [-0.1, -0.05) is 6.92 Å². The van der Waals surface area contributed by atoms with Crippen molar-refractivity contribution >= 4 is 0 Å². The maximum Gasteiger partial charge on any atom is 0.124 e. The molecule has 118 valence electrons. The third-order valence-corrected chi connectivity index (χ3v) is 3.97. The topological polar surface area (TPSA) is 39.7 Å². The summed E-state index contributed by atoms with van der Waals surface area (Å²) in [5.41, 5.74) is 1.12. The van der Waals surface area contributed by atoms with Crippen LogP contribution in [0.5, 0.6) is 11.5 Å². The number of ether oxygens (including phenoxy) is 3. The van der Waals surface area contributed by atoms with Crippen LogP contribution in [-0.4, -0.2) is 33.5 Å². The lowest BCUT2D eigenvalue weighted by molar-refractivity contribution is -0.00862. The molecule has 2 atom stereocenters. The summed E-state index contributed by atoms with van der Waals surface area (Å²) in [5, 5.41) is 3.62. The van der Waals surface area contributed by atoms with Crippen LogP contribution in [0.3, 0.4) is 0 Å². The van der Waals surface area contributed by atoms with E-state index in [1.807, 2.05) is 12.1 Å². The van der Waals surface area contributed by atoms with Gasteiger partial charge in [-0.15, -0.1) is 0 Å². The number of hydrogen-bond donors (Lipinski definition) is 1. The Balaban J connectivity index is 2.29. The fourth-order valence-electron chi connectivity index (χ4n) is 2.85. The standard InChI is InChI=1S/C17H27NO3/c1-4-10-18-17(16-7-5-6-11-21-16)14-12-13(19-2)8-9-15(14)20-3/h8-9,12,16-18H,4-7,10-11H2,1-3H3. The van der Waals surface area contributed by atoms with Crippen molar-refractivity contribution in [1.82, 2.24) is 5.32 Å². The average Bonchev–Trinajstić information content (AvgIpc) is 2.56. The summed E-state index contributed by atoms with van der Waals surface area (Å²) in [6, 6.07) is 6.11. The molecule has 0 aromatic heterocycles. The number of methoxy groups -OCH3 is 2. The van der Waals surface area contributed by atoms with Crippen LogP contribution in [0.2, 0.25) is 0 Å². The van der Waals surface area contributed by atoms with Gasteiger partial charge >= 0.3 is 0 Å². The van der Waals surface area contributed by atoms with Crippen molar-refractivity contribution in [1.29, 1.82) is 0 Å². The van der Waals surface area contributed by atoms with Gasteiger partial charge in [0.25, 0.3) is 0 Å². The first kappa shape index (κ1) is 16.1. The zero-order valence-corrected chi connectivity index (χ0v) is 13.4. The zero-order valence-electron chi connectivity index (χ0n) is 13.4. The molecule has 1 fully saturated rings. The van der Waals surface area contributed by atoms with Crippen molar-refractivity contribution < 1.29 is 14.2 Å². The van der Waals surface area contributed by atoms with E-state index < -0.39 is 0 Å². The fraction of sp³-hybridized carbons (Fsp3) is 0.647. The molecule has 0 radical (unpaired) electrons. The third-order valence-electron chi connectivity index (χ3n) is 3.97. The van der Waals surface area contributed by atoms with Crippen molar-refractivity contribution in [3.63, 3.8) is 0 Å². The maximum absolute atomic E-state index is 6.01. The molecular weight excluding hydrogens is 266 g/mol. The smallest absolute Gasteiger partial charge is 0.124 e. The molecule has 2 rings (SSSR count). The van der Waals surface area contributed by atoms with Crippen molar-refractivity contribution in [2.45, 2.75) is 44.8 Å². The van der Waals surface area contributed by atoms with Crippen molar-refractivity contribution in [2.75, 3.05) is 27.4 Å². The van der Waals surface area contributed by atoms with Gasteiger partial charge in [0.1, 0.15) is 11.5 Å². The summed E-state index contributed by atoms with van der Waals surface area (Å²) in [4.78, 5) is 0. The second-order valence-corrected chi connectivity index (χ2v) is 5.44. The number of rotatable bonds is 7. The second kappa shape index (κ2) is 8.25. The Hall–Kier alpha value is -1.26. The molecule has 21 heavy (non-hydrogen) atoms. The van der Waals surface area contributed by atoms with E-state index in [1.165, 1.54) is 6.42 Å². The summed E-state index contributed by atoms with van der Waals surface area (Å²) in [5.74, 6) is 1.74. The lowest BCUT2D eigenvalue weighted by Gasteiger charge is -2.32. The molecule has 1 aliphatic rings. The van der Waals surface area contributed by atoms with E-state index in [0.717, 1.165) is 49.5 Å². The monoisotopic (exact) mass is 293 g/mol. The van der Waals surface area contributed by atoms with Gasteiger partial charge in [-0.3, -0.25) is 0 Å². The lowest BCUT2D eigenvalue weighted by Crippen LogP contribution is -2.36. The highest BCUT2D eigenvalue weighted by atomic mass is 16.5. The molecule has 1 aromatic rings. The lowest BCUT2D eigenvalue weighted by atomic mass is 9.94. The van der Waals surface area contributed by atoms with E-state index in [-0.39, 0.29) is 12.1 Å². The Bertz CT molecular complexity index is 430. The van der Waals surface area contributed by atoms with E-state index in [9.17, 15) is 0 Å². The van der Waals surface area contributed by atoms with Gasteiger partial charge in [-0.25, -0.2) is 0 Å². The zero-order chi connectivity index (χ0) is 15.1. The van der Waals surface area contributed by atoms with Gasteiger partial charge < -0.3 is 19.5 Å². The van der Waals surface area contributed by atoms with E-state index in [2.05, 4.69) is 18.3 Å². The second-order valence-electron chi connectivity index (χ2n) is 5.44. The van der Waals surface area contributed by atoms with Gasteiger partial charge in [-0.05, 0) is 50.4 Å². The molecule has 1 aliphatic heterocycles. The first-order valence-corrected chi connectivity index (χ1v) is 7.87. The normalized spacial score (nSPS) is 20.0. The van der Waals surface area contributed by atoms with Gasteiger partial charge in [0.15, 0.2) is 0 Å². The summed E-state index contributed by atoms with van der Waals surface area (Å²) in [7, 11) is 3.40. The number of nitrogens with one attached hydrogen (secondary N) is 1. The summed E-state index contributed by atoms with van der Waals surface area (Å²) in [6.07, 6.45) is 4.76. The van der Waals surface area contributed by atoms with Crippen LogP contribution >= 0.6 is 0 Å². The first-order chi connectivity index (χ1) is 10.3. The van der Waals surface area contributed by atoms with E-state index in [0.29, 0.717) is 0 Å². The highest BCUT2D eigenvalue weighted by Gasteiger charge is 2.28. The molecule has 4 heteroatoms. The van der Waals surface area contributed by atoms with E-state index in [1.54, 1.807) is 14.2 Å². The van der Waals surface area contributed by atoms with E-state index in [4.69, 9.17) is 14.2 Å². The Morgan fingerprint density at radius 1 is 1.29 bits per heavy atom. The van der Waals surface area contributed by atoms with Crippen LogP contribution in [0.1, 0.15) is 44.2 Å². The van der Waals surface area contributed by atoms with Crippen LogP contribution in [0.25, 0.3) is 0 Å². The molecular formula is C17H27NO3. The molecule has 0 amide bonds. The molecule has 4 nitrogen and oxygen atoms in total. The largest absolute Gasteiger partial charge is 0.497 e. The third kappa shape index (κ3) is 4.11. The average molecular weight is 293 g/mol. The van der Waals surface area contributed by atoms with Crippen LogP contribution in [0, 0.1) is 0 Å². The molecule has 0 spiro atoms. The quantitative estimate of drug-likeness (QED) is 0.837. The minimum atomic E-state index is 0.148. The van der Waals surface area contributed by atoms with Crippen molar-refractivity contribution in [3.05, 3.63) is 23.8 Å². The molecule has 2 unspecified atom stereocenters.